The van der Waals surface area contributed by atoms with Gasteiger partial charge < -0.3 is 10.5 Å². The van der Waals surface area contributed by atoms with Crippen molar-refractivity contribution < 1.29 is 4.74 Å². The quantitative estimate of drug-likeness (QED) is 0.657. The molecule has 13 heavy (non-hydrogen) atoms. The van der Waals surface area contributed by atoms with Gasteiger partial charge in [-0.2, -0.15) is 0 Å². The van der Waals surface area contributed by atoms with Crippen molar-refractivity contribution >= 4 is 0 Å². The van der Waals surface area contributed by atoms with Crippen molar-refractivity contribution in [2.45, 2.75) is 32.6 Å². The van der Waals surface area contributed by atoms with Crippen LogP contribution < -0.4 is 5.73 Å². The molecule has 2 atom stereocenters. The summed E-state index contributed by atoms with van der Waals surface area (Å²) in [5.74, 6) is 0. The van der Waals surface area contributed by atoms with Crippen LogP contribution in [-0.2, 0) is 11.3 Å². The summed E-state index contributed by atoms with van der Waals surface area (Å²) in [5.41, 5.74) is 9.76. The standard InChI is InChI=1S/C11H15NO/c1-7-3-4-10-9(5-7)6-13-8(2)11(10)12/h3-5,8,11H,6,12H2,1-2H3/t8-,11+/m1/s1. The molecule has 2 N–H and O–H groups in total. The van der Waals surface area contributed by atoms with Gasteiger partial charge in [-0.3, -0.25) is 0 Å². The molecular formula is C11H15NO. The molecule has 1 heterocycles. The minimum atomic E-state index is 0.0318. The van der Waals surface area contributed by atoms with Gasteiger partial charge in [0.25, 0.3) is 0 Å². The van der Waals surface area contributed by atoms with Crippen molar-refractivity contribution in [1.82, 2.24) is 0 Å². The van der Waals surface area contributed by atoms with Crippen LogP contribution in [0.15, 0.2) is 18.2 Å². The number of benzene rings is 1. The lowest BCUT2D eigenvalue weighted by Gasteiger charge is -2.28. The molecule has 0 radical (unpaired) electrons. The van der Waals surface area contributed by atoms with Gasteiger partial charge in [0.05, 0.1) is 18.8 Å². The zero-order valence-electron chi connectivity index (χ0n) is 8.08. The molecule has 0 fully saturated rings. The first-order chi connectivity index (χ1) is 6.18. The van der Waals surface area contributed by atoms with E-state index in [-0.39, 0.29) is 12.1 Å². The van der Waals surface area contributed by atoms with Crippen LogP contribution >= 0.6 is 0 Å². The largest absolute Gasteiger partial charge is 0.372 e. The second-order valence-corrected chi connectivity index (χ2v) is 3.74. The van der Waals surface area contributed by atoms with Crippen molar-refractivity contribution in [3.05, 3.63) is 34.9 Å². The van der Waals surface area contributed by atoms with Crippen molar-refractivity contribution in [3.63, 3.8) is 0 Å². The molecule has 70 valence electrons. The van der Waals surface area contributed by atoms with Crippen molar-refractivity contribution in [2.75, 3.05) is 0 Å². The van der Waals surface area contributed by atoms with Gasteiger partial charge in [-0.1, -0.05) is 23.8 Å². The fourth-order valence-electron chi connectivity index (χ4n) is 1.76. The Morgan fingerprint density at radius 2 is 2.23 bits per heavy atom. The maximum absolute atomic E-state index is 6.01. The van der Waals surface area contributed by atoms with E-state index < -0.39 is 0 Å². The minimum Gasteiger partial charge on any atom is -0.372 e. The third-order valence-electron chi connectivity index (χ3n) is 2.67. The van der Waals surface area contributed by atoms with Crippen LogP contribution in [0.25, 0.3) is 0 Å². The number of nitrogens with two attached hydrogens (primary N) is 1. The topological polar surface area (TPSA) is 35.2 Å². The zero-order chi connectivity index (χ0) is 9.42. The lowest BCUT2D eigenvalue weighted by Crippen LogP contribution is -2.31. The van der Waals surface area contributed by atoms with Crippen LogP contribution in [0.4, 0.5) is 0 Å². The predicted octanol–water partition coefficient (Wildman–Crippen LogP) is 1.91. The lowest BCUT2D eigenvalue weighted by molar-refractivity contribution is 0.0213. The van der Waals surface area contributed by atoms with E-state index in [0.717, 1.165) is 0 Å². The minimum absolute atomic E-state index is 0.0318. The molecular weight excluding hydrogens is 162 g/mol. The molecule has 2 nitrogen and oxygen atoms in total. The SMILES string of the molecule is Cc1ccc2c(c1)CO[C@H](C)[C@@H]2N. The van der Waals surface area contributed by atoms with E-state index in [4.69, 9.17) is 10.5 Å². The molecule has 0 bridgehead atoms. The highest BCUT2D eigenvalue weighted by molar-refractivity contribution is 5.35. The first kappa shape index (κ1) is 8.73. The van der Waals surface area contributed by atoms with Crippen molar-refractivity contribution in [1.29, 1.82) is 0 Å². The summed E-state index contributed by atoms with van der Waals surface area (Å²) in [4.78, 5) is 0. The molecule has 2 rings (SSSR count). The Labute approximate surface area is 78.7 Å². The molecule has 0 saturated carbocycles. The first-order valence-electron chi connectivity index (χ1n) is 4.65. The van der Waals surface area contributed by atoms with Crippen molar-refractivity contribution in [3.8, 4) is 0 Å². The monoisotopic (exact) mass is 177 g/mol. The molecule has 2 heteroatoms. The van der Waals surface area contributed by atoms with Gasteiger partial charge in [0.1, 0.15) is 0 Å². The Kier molecular flexibility index (Phi) is 2.10. The molecule has 0 spiro atoms. The molecule has 0 unspecified atom stereocenters. The van der Waals surface area contributed by atoms with Crippen LogP contribution in [0.2, 0.25) is 0 Å². The Morgan fingerprint density at radius 1 is 1.46 bits per heavy atom. The van der Waals surface area contributed by atoms with Gasteiger partial charge in [-0.05, 0) is 25.0 Å². The number of fused-ring (bicyclic) bond motifs is 1. The summed E-state index contributed by atoms with van der Waals surface area (Å²) >= 11 is 0. The first-order valence-corrected chi connectivity index (χ1v) is 4.65. The smallest absolute Gasteiger partial charge is 0.0744 e. The van der Waals surface area contributed by atoms with Crippen LogP contribution in [0.1, 0.15) is 29.7 Å². The average molecular weight is 177 g/mol. The predicted molar refractivity (Wildman–Crippen MR) is 52.4 cm³/mol. The molecule has 0 aromatic heterocycles. The summed E-state index contributed by atoms with van der Waals surface area (Å²) in [5, 5.41) is 0. The Morgan fingerprint density at radius 3 is 3.00 bits per heavy atom. The maximum Gasteiger partial charge on any atom is 0.0744 e. The van der Waals surface area contributed by atoms with E-state index in [0.29, 0.717) is 6.61 Å². The van der Waals surface area contributed by atoms with Gasteiger partial charge in [0, 0.05) is 0 Å². The molecule has 0 saturated heterocycles. The van der Waals surface area contributed by atoms with Gasteiger partial charge in [0.2, 0.25) is 0 Å². The summed E-state index contributed by atoms with van der Waals surface area (Å²) in [6.45, 7) is 4.81. The van der Waals surface area contributed by atoms with E-state index in [9.17, 15) is 0 Å². The summed E-state index contributed by atoms with van der Waals surface area (Å²) in [6.07, 6.45) is 0.134. The van der Waals surface area contributed by atoms with Gasteiger partial charge in [-0.25, -0.2) is 0 Å². The van der Waals surface area contributed by atoms with Gasteiger partial charge >= 0.3 is 0 Å². The van der Waals surface area contributed by atoms with Crippen LogP contribution in [-0.4, -0.2) is 6.10 Å². The second kappa shape index (κ2) is 3.13. The normalized spacial score (nSPS) is 27.0. The molecule has 1 aromatic carbocycles. The second-order valence-electron chi connectivity index (χ2n) is 3.74. The molecule has 0 amide bonds. The third kappa shape index (κ3) is 1.47. The highest BCUT2D eigenvalue weighted by atomic mass is 16.5. The number of hydrogen-bond acceptors (Lipinski definition) is 2. The Balaban J connectivity index is 2.44. The van der Waals surface area contributed by atoms with E-state index in [1.165, 1.54) is 16.7 Å². The molecule has 1 aliphatic heterocycles. The Bertz CT molecular complexity index is 322. The summed E-state index contributed by atoms with van der Waals surface area (Å²) < 4.78 is 5.55. The van der Waals surface area contributed by atoms with Crippen LogP contribution in [0, 0.1) is 6.92 Å². The molecule has 1 aromatic rings. The van der Waals surface area contributed by atoms with Gasteiger partial charge in [-0.15, -0.1) is 0 Å². The van der Waals surface area contributed by atoms with Crippen molar-refractivity contribution in [2.24, 2.45) is 5.73 Å². The number of hydrogen-bond donors (Lipinski definition) is 1. The maximum atomic E-state index is 6.01. The third-order valence-corrected chi connectivity index (χ3v) is 2.67. The molecule has 1 aliphatic rings. The highest BCUT2D eigenvalue weighted by Crippen LogP contribution is 2.27. The highest BCUT2D eigenvalue weighted by Gasteiger charge is 2.23. The number of rotatable bonds is 0. The van der Waals surface area contributed by atoms with Crippen LogP contribution in [0.3, 0.4) is 0 Å². The average Bonchev–Trinajstić information content (AvgIpc) is 2.12. The van der Waals surface area contributed by atoms with E-state index in [1.807, 2.05) is 6.92 Å². The van der Waals surface area contributed by atoms with Crippen LogP contribution in [0.5, 0.6) is 0 Å². The van der Waals surface area contributed by atoms with E-state index >= 15 is 0 Å². The Hall–Kier alpha value is -0.860. The summed E-state index contributed by atoms with van der Waals surface area (Å²) in [7, 11) is 0. The molecule has 0 aliphatic carbocycles. The number of aryl methyl sites for hydroxylation is 1. The fraction of sp³-hybridized carbons (Fsp3) is 0.455. The van der Waals surface area contributed by atoms with E-state index in [1.54, 1.807) is 0 Å². The zero-order valence-corrected chi connectivity index (χ0v) is 8.08. The van der Waals surface area contributed by atoms with E-state index in [2.05, 4.69) is 25.1 Å². The van der Waals surface area contributed by atoms with Gasteiger partial charge in [0.15, 0.2) is 0 Å². The fourth-order valence-corrected chi connectivity index (χ4v) is 1.76. The summed E-state index contributed by atoms with van der Waals surface area (Å²) in [6, 6.07) is 6.41. The number of ether oxygens (including phenoxy) is 1. The lowest BCUT2D eigenvalue weighted by atomic mass is 9.94.